The van der Waals surface area contributed by atoms with Crippen LogP contribution in [-0.2, 0) is 15.8 Å². The number of nitrogen functional groups attached to an aromatic ring is 1. The van der Waals surface area contributed by atoms with Crippen LogP contribution in [0.3, 0.4) is 0 Å². The van der Waals surface area contributed by atoms with Crippen LogP contribution in [0.4, 0.5) is 11.4 Å². The lowest BCUT2D eigenvalue weighted by molar-refractivity contribution is 0.392. The van der Waals surface area contributed by atoms with Crippen LogP contribution in [0.15, 0.2) is 28.8 Å². The van der Waals surface area contributed by atoms with Crippen molar-refractivity contribution >= 4 is 21.4 Å². The second kappa shape index (κ2) is 4.93. The number of aromatic nitrogens is 1. The first-order valence-electron chi connectivity index (χ1n) is 5.64. The first-order valence-corrected chi connectivity index (χ1v) is 7.30. The first kappa shape index (κ1) is 13.4. The molecule has 1 aromatic carbocycles. The maximum absolute atomic E-state index is 12.0. The van der Waals surface area contributed by atoms with Gasteiger partial charge < -0.3 is 10.3 Å². The van der Waals surface area contributed by atoms with Crippen molar-refractivity contribution in [3.05, 3.63) is 41.3 Å². The molecule has 0 atom stereocenters. The summed E-state index contributed by atoms with van der Waals surface area (Å²) < 4.78 is 31.2. The molecule has 0 spiro atoms. The summed E-state index contributed by atoms with van der Waals surface area (Å²) in [5.74, 6) is 0.317. The average Bonchev–Trinajstić information content (AvgIpc) is 2.67. The number of hydrogen-bond donors (Lipinski definition) is 2. The normalized spacial score (nSPS) is 11.5. The molecule has 0 aliphatic carbocycles. The van der Waals surface area contributed by atoms with E-state index >= 15 is 0 Å². The van der Waals surface area contributed by atoms with Gasteiger partial charge in [-0.2, -0.15) is 0 Å². The van der Waals surface area contributed by atoms with Gasteiger partial charge in [0.05, 0.1) is 11.4 Å². The van der Waals surface area contributed by atoms with Gasteiger partial charge in [0.1, 0.15) is 17.2 Å². The van der Waals surface area contributed by atoms with Crippen molar-refractivity contribution in [1.29, 1.82) is 0 Å². The van der Waals surface area contributed by atoms with Crippen LogP contribution in [0.5, 0.6) is 0 Å². The van der Waals surface area contributed by atoms with Crippen LogP contribution < -0.4 is 10.5 Å². The van der Waals surface area contributed by atoms with Gasteiger partial charge in [0, 0.05) is 6.07 Å². The fourth-order valence-corrected chi connectivity index (χ4v) is 2.78. The lowest BCUT2D eigenvalue weighted by Crippen LogP contribution is -2.16. The number of nitrogens with zero attached hydrogens (tertiary/aromatic N) is 1. The average molecular weight is 281 g/mol. The lowest BCUT2D eigenvalue weighted by Gasteiger charge is -2.09. The van der Waals surface area contributed by atoms with Gasteiger partial charge in [-0.25, -0.2) is 8.42 Å². The Morgan fingerprint density at radius 2 is 2.05 bits per heavy atom. The molecule has 0 amide bonds. The second-order valence-electron chi connectivity index (χ2n) is 4.38. The van der Waals surface area contributed by atoms with Crippen molar-refractivity contribution < 1.29 is 12.9 Å². The topological polar surface area (TPSA) is 98.2 Å². The van der Waals surface area contributed by atoms with E-state index in [9.17, 15) is 8.42 Å². The Balaban J connectivity index is 2.17. The fraction of sp³-hybridized carbons (Fsp3) is 0.250. The number of nitrogens with two attached hydrogens (primary N) is 1. The molecular weight excluding hydrogens is 266 g/mol. The molecule has 0 aliphatic heterocycles. The SMILES string of the molecule is Cc1ccc(NS(=O)(=O)Cc2cc(C)on2)c(N)c1. The number of hydrogen-bond acceptors (Lipinski definition) is 5. The Hall–Kier alpha value is -2.02. The molecule has 3 N–H and O–H groups in total. The summed E-state index contributed by atoms with van der Waals surface area (Å²) in [4.78, 5) is 0. The minimum absolute atomic E-state index is 0.252. The molecule has 0 fully saturated rings. The largest absolute Gasteiger partial charge is 0.397 e. The van der Waals surface area contributed by atoms with Gasteiger partial charge in [0.2, 0.25) is 10.0 Å². The van der Waals surface area contributed by atoms with Crippen molar-refractivity contribution in [1.82, 2.24) is 5.16 Å². The summed E-state index contributed by atoms with van der Waals surface area (Å²) in [6.07, 6.45) is 0. The predicted octanol–water partition coefficient (Wildman–Crippen LogP) is 1.82. The third kappa shape index (κ3) is 3.47. The number of aryl methyl sites for hydroxylation is 2. The van der Waals surface area contributed by atoms with E-state index in [2.05, 4.69) is 9.88 Å². The van der Waals surface area contributed by atoms with Crippen LogP contribution in [0.1, 0.15) is 17.0 Å². The van der Waals surface area contributed by atoms with Gasteiger partial charge in [-0.15, -0.1) is 0 Å². The quantitative estimate of drug-likeness (QED) is 0.833. The Bertz CT molecular complexity index is 692. The Labute approximate surface area is 111 Å². The van der Waals surface area contributed by atoms with Crippen LogP contribution >= 0.6 is 0 Å². The molecule has 0 radical (unpaired) electrons. The fourth-order valence-electron chi connectivity index (χ4n) is 1.66. The summed E-state index contributed by atoms with van der Waals surface area (Å²) in [5, 5.41) is 3.65. The van der Waals surface area contributed by atoms with E-state index in [4.69, 9.17) is 10.3 Å². The van der Waals surface area contributed by atoms with Gasteiger partial charge >= 0.3 is 0 Å². The van der Waals surface area contributed by atoms with Gasteiger partial charge in [-0.05, 0) is 31.5 Å². The van der Waals surface area contributed by atoms with Gasteiger partial charge in [0.15, 0.2) is 0 Å². The van der Waals surface area contributed by atoms with E-state index in [0.717, 1.165) is 5.56 Å². The molecule has 1 heterocycles. The Morgan fingerprint density at radius 1 is 1.32 bits per heavy atom. The molecule has 0 saturated carbocycles. The molecule has 7 heteroatoms. The second-order valence-corrected chi connectivity index (χ2v) is 6.10. The molecule has 0 bridgehead atoms. The highest BCUT2D eigenvalue weighted by Crippen LogP contribution is 2.21. The summed E-state index contributed by atoms with van der Waals surface area (Å²) in [6, 6.07) is 6.71. The van der Waals surface area contributed by atoms with E-state index in [0.29, 0.717) is 22.8 Å². The molecule has 19 heavy (non-hydrogen) atoms. The van der Waals surface area contributed by atoms with E-state index in [1.54, 1.807) is 31.2 Å². The monoisotopic (exact) mass is 281 g/mol. The van der Waals surface area contributed by atoms with Crippen molar-refractivity contribution in [3.8, 4) is 0 Å². The summed E-state index contributed by atoms with van der Waals surface area (Å²) in [5.41, 5.74) is 7.84. The molecule has 0 unspecified atom stereocenters. The molecule has 0 aliphatic rings. The highest BCUT2D eigenvalue weighted by atomic mass is 32.2. The minimum Gasteiger partial charge on any atom is -0.397 e. The zero-order valence-corrected chi connectivity index (χ0v) is 11.5. The van der Waals surface area contributed by atoms with E-state index in [-0.39, 0.29) is 5.75 Å². The lowest BCUT2D eigenvalue weighted by atomic mass is 10.2. The highest BCUT2D eigenvalue weighted by Gasteiger charge is 2.15. The first-order chi connectivity index (χ1) is 8.85. The number of benzene rings is 1. The van der Waals surface area contributed by atoms with Crippen molar-refractivity contribution in [2.24, 2.45) is 0 Å². The highest BCUT2D eigenvalue weighted by molar-refractivity contribution is 7.91. The Kier molecular flexibility index (Phi) is 3.48. The molecule has 1 aromatic heterocycles. The van der Waals surface area contributed by atoms with Crippen molar-refractivity contribution in [2.75, 3.05) is 10.5 Å². The molecule has 6 nitrogen and oxygen atoms in total. The van der Waals surface area contributed by atoms with Crippen molar-refractivity contribution in [2.45, 2.75) is 19.6 Å². The zero-order valence-electron chi connectivity index (χ0n) is 10.7. The van der Waals surface area contributed by atoms with E-state index < -0.39 is 10.0 Å². The van der Waals surface area contributed by atoms with E-state index in [1.807, 2.05) is 6.92 Å². The van der Waals surface area contributed by atoms with Crippen LogP contribution in [0, 0.1) is 13.8 Å². The third-order valence-electron chi connectivity index (χ3n) is 2.49. The third-order valence-corrected chi connectivity index (χ3v) is 3.69. The molecule has 102 valence electrons. The number of anilines is 2. The van der Waals surface area contributed by atoms with Gasteiger partial charge in [-0.3, -0.25) is 4.72 Å². The summed E-state index contributed by atoms with van der Waals surface area (Å²) >= 11 is 0. The standard InChI is InChI=1S/C12H15N3O3S/c1-8-3-4-12(11(13)5-8)15-19(16,17)7-10-6-9(2)18-14-10/h3-6,15H,7,13H2,1-2H3. The number of sulfonamides is 1. The minimum atomic E-state index is -3.56. The van der Waals surface area contributed by atoms with Crippen LogP contribution in [0.25, 0.3) is 0 Å². The molecule has 0 saturated heterocycles. The molecule has 2 aromatic rings. The number of nitrogens with one attached hydrogen (secondary N) is 1. The molecule has 2 rings (SSSR count). The zero-order chi connectivity index (χ0) is 14.0. The van der Waals surface area contributed by atoms with Crippen LogP contribution in [0.2, 0.25) is 0 Å². The maximum Gasteiger partial charge on any atom is 0.238 e. The van der Waals surface area contributed by atoms with Crippen LogP contribution in [-0.4, -0.2) is 13.6 Å². The smallest absolute Gasteiger partial charge is 0.238 e. The molecular formula is C12H15N3O3S. The Morgan fingerprint density at radius 3 is 2.63 bits per heavy atom. The number of rotatable bonds is 4. The van der Waals surface area contributed by atoms with Crippen molar-refractivity contribution in [3.63, 3.8) is 0 Å². The van der Waals surface area contributed by atoms with Gasteiger partial charge in [-0.1, -0.05) is 11.2 Å². The maximum atomic E-state index is 12.0. The summed E-state index contributed by atoms with van der Waals surface area (Å²) in [7, 11) is -3.56. The van der Waals surface area contributed by atoms with E-state index in [1.165, 1.54) is 0 Å². The van der Waals surface area contributed by atoms with Gasteiger partial charge in [0.25, 0.3) is 0 Å². The predicted molar refractivity (Wildman–Crippen MR) is 73.1 cm³/mol. The summed E-state index contributed by atoms with van der Waals surface area (Å²) in [6.45, 7) is 3.58.